The number of aliphatic imine (C=N–C) groups is 1. The minimum Gasteiger partial charge on any atom is -0.481 e. The second kappa shape index (κ2) is 9.94. The third-order valence-corrected chi connectivity index (χ3v) is 4.79. The van der Waals surface area contributed by atoms with Crippen LogP contribution in [0.3, 0.4) is 0 Å². The van der Waals surface area contributed by atoms with E-state index in [0.717, 1.165) is 21.3 Å². The lowest BCUT2D eigenvalue weighted by molar-refractivity contribution is 0.397. The summed E-state index contributed by atoms with van der Waals surface area (Å²) >= 11 is 27.0. The van der Waals surface area contributed by atoms with Crippen molar-refractivity contribution in [2.24, 2.45) is 4.99 Å². The molecule has 0 spiro atoms. The molecule has 9 heteroatoms. The number of nitrogens with zero attached hydrogens (tertiary/aromatic N) is 1. The fourth-order valence-corrected chi connectivity index (χ4v) is 2.87. The Morgan fingerprint density at radius 1 is 1.11 bits per heavy atom. The minimum atomic E-state index is -1.75. The number of aryl methyl sites for hydroxylation is 1. The van der Waals surface area contributed by atoms with Crippen LogP contribution < -0.4 is 10.6 Å². The molecule has 2 aromatic rings. The van der Waals surface area contributed by atoms with Gasteiger partial charge < -0.3 is 15.4 Å². The SMILES string of the molecule is CO/C(=N\C(NC(=S)Nc1ccc(Br)cc1)C(Cl)(Cl)Cl)c1ccc(C)cc1. The standard InChI is InChI=1S/C18H17BrCl3N3OS/c1-11-3-5-12(6-4-11)15(26-2)24-16(18(20,21)22)25-17(27)23-14-9-7-13(19)8-10-14/h3-10,16H,1-2H3,(H2,23,25,27)/b24-15-. The van der Waals surface area contributed by atoms with E-state index in [1.54, 1.807) is 0 Å². The van der Waals surface area contributed by atoms with Crippen LogP contribution in [0.2, 0.25) is 0 Å². The first kappa shape index (κ1) is 22.2. The van der Waals surface area contributed by atoms with Gasteiger partial charge in [0.05, 0.1) is 7.11 Å². The van der Waals surface area contributed by atoms with Gasteiger partial charge in [0, 0.05) is 15.7 Å². The van der Waals surface area contributed by atoms with Crippen molar-refractivity contribution in [3.05, 3.63) is 64.1 Å². The highest BCUT2D eigenvalue weighted by molar-refractivity contribution is 9.10. The number of benzene rings is 2. The van der Waals surface area contributed by atoms with Crippen molar-refractivity contribution in [3.8, 4) is 0 Å². The first-order chi connectivity index (χ1) is 12.7. The monoisotopic (exact) mass is 507 g/mol. The second-order valence-corrected chi connectivity index (χ2v) is 9.25. The van der Waals surface area contributed by atoms with Crippen LogP contribution in [0.25, 0.3) is 0 Å². The lowest BCUT2D eigenvalue weighted by Crippen LogP contribution is -2.45. The Morgan fingerprint density at radius 2 is 1.70 bits per heavy atom. The molecule has 2 rings (SSSR count). The maximum absolute atomic E-state index is 6.09. The molecule has 27 heavy (non-hydrogen) atoms. The molecule has 4 nitrogen and oxygen atoms in total. The molecular formula is C18H17BrCl3N3OS. The van der Waals surface area contributed by atoms with Crippen molar-refractivity contribution < 1.29 is 4.74 Å². The van der Waals surface area contributed by atoms with Gasteiger partial charge in [-0.1, -0.05) is 68.4 Å². The summed E-state index contributed by atoms with van der Waals surface area (Å²) in [4.78, 5) is 4.41. The molecule has 0 bridgehead atoms. The lowest BCUT2D eigenvalue weighted by atomic mass is 10.1. The van der Waals surface area contributed by atoms with E-state index in [2.05, 4.69) is 31.6 Å². The molecule has 0 aromatic heterocycles. The molecule has 0 radical (unpaired) electrons. The first-order valence-corrected chi connectivity index (χ1v) is 10.1. The number of hydrogen-bond acceptors (Lipinski definition) is 3. The summed E-state index contributed by atoms with van der Waals surface area (Å²) in [6.07, 6.45) is -0.964. The van der Waals surface area contributed by atoms with E-state index >= 15 is 0 Å². The Labute approximate surface area is 187 Å². The van der Waals surface area contributed by atoms with Crippen molar-refractivity contribution >= 4 is 79.6 Å². The summed E-state index contributed by atoms with van der Waals surface area (Å²) in [5.41, 5.74) is 2.66. The number of anilines is 1. The molecule has 2 N–H and O–H groups in total. The van der Waals surface area contributed by atoms with Crippen molar-refractivity contribution in [1.29, 1.82) is 0 Å². The van der Waals surface area contributed by atoms with Crippen molar-refractivity contribution in [3.63, 3.8) is 0 Å². The molecule has 0 amide bonds. The van der Waals surface area contributed by atoms with E-state index in [1.807, 2.05) is 55.5 Å². The summed E-state index contributed by atoms with van der Waals surface area (Å²) < 4.78 is 4.59. The lowest BCUT2D eigenvalue weighted by Gasteiger charge is -2.24. The smallest absolute Gasteiger partial charge is 0.230 e. The summed E-state index contributed by atoms with van der Waals surface area (Å²) in [6.45, 7) is 1.99. The molecular weight excluding hydrogens is 493 g/mol. The third-order valence-electron chi connectivity index (χ3n) is 3.42. The first-order valence-electron chi connectivity index (χ1n) is 7.77. The Balaban J connectivity index is 2.19. The van der Waals surface area contributed by atoms with Crippen molar-refractivity contribution in [1.82, 2.24) is 5.32 Å². The maximum Gasteiger partial charge on any atom is 0.230 e. The van der Waals surface area contributed by atoms with Gasteiger partial charge in [-0.2, -0.15) is 0 Å². The normalized spacial score (nSPS) is 13.0. The summed E-state index contributed by atoms with van der Waals surface area (Å²) in [6, 6.07) is 15.1. The summed E-state index contributed by atoms with van der Waals surface area (Å²) in [5, 5.41) is 6.20. The Kier molecular flexibility index (Phi) is 8.19. The predicted octanol–water partition coefficient (Wildman–Crippen LogP) is 5.83. The number of alkyl halides is 3. The molecule has 0 aliphatic heterocycles. The Hall–Kier alpha value is -1.05. The highest BCUT2D eigenvalue weighted by Crippen LogP contribution is 2.31. The zero-order chi connectivity index (χ0) is 20.0. The van der Waals surface area contributed by atoms with E-state index in [9.17, 15) is 0 Å². The number of ether oxygens (including phenoxy) is 1. The third kappa shape index (κ3) is 7.12. The van der Waals surface area contributed by atoms with Crippen LogP contribution in [0.4, 0.5) is 5.69 Å². The van der Waals surface area contributed by atoms with E-state index < -0.39 is 9.96 Å². The summed E-state index contributed by atoms with van der Waals surface area (Å²) in [5.74, 6) is 0.324. The van der Waals surface area contributed by atoms with Crippen molar-refractivity contribution in [2.45, 2.75) is 16.9 Å². The van der Waals surface area contributed by atoms with Gasteiger partial charge in [0.1, 0.15) is 0 Å². The quantitative estimate of drug-likeness (QED) is 0.236. The van der Waals surface area contributed by atoms with Crippen LogP contribution in [0.1, 0.15) is 11.1 Å². The fourth-order valence-electron chi connectivity index (χ4n) is 2.07. The topological polar surface area (TPSA) is 45.6 Å². The molecule has 0 fully saturated rings. The molecule has 0 saturated carbocycles. The average Bonchev–Trinajstić information content (AvgIpc) is 2.60. The molecule has 1 atom stereocenters. The van der Waals surface area contributed by atoms with Crippen LogP contribution in [0.15, 0.2) is 58.0 Å². The number of hydrogen-bond donors (Lipinski definition) is 2. The predicted molar refractivity (Wildman–Crippen MR) is 122 cm³/mol. The van der Waals surface area contributed by atoms with Gasteiger partial charge in [-0.15, -0.1) is 0 Å². The van der Waals surface area contributed by atoms with E-state index in [1.165, 1.54) is 7.11 Å². The van der Waals surface area contributed by atoms with Crippen molar-refractivity contribution in [2.75, 3.05) is 12.4 Å². The molecule has 0 aliphatic rings. The van der Waals surface area contributed by atoms with Gasteiger partial charge in [0.2, 0.25) is 9.69 Å². The maximum atomic E-state index is 6.09. The highest BCUT2D eigenvalue weighted by atomic mass is 79.9. The number of rotatable bonds is 4. The van der Waals surface area contributed by atoms with Gasteiger partial charge in [-0.3, -0.25) is 0 Å². The van der Waals surface area contributed by atoms with E-state index in [4.69, 9.17) is 51.8 Å². The van der Waals surface area contributed by atoms with Gasteiger partial charge in [0.15, 0.2) is 11.3 Å². The van der Waals surface area contributed by atoms with Crippen LogP contribution in [0, 0.1) is 6.92 Å². The van der Waals surface area contributed by atoms with Gasteiger partial charge >= 0.3 is 0 Å². The molecule has 0 aliphatic carbocycles. The number of nitrogens with one attached hydrogen (secondary N) is 2. The average molecular weight is 510 g/mol. The van der Waals surface area contributed by atoms with Crippen LogP contribution in [-0.4, -0.2) is 28.1 Å². The Morgan fingerprint density at radius 3 is 2.22 bits per heavy atom. The molecule has 0 heterocycles. The van der Waals surface area contributed by atoms with Gasteiger partial charge in [0.25, 0.3) is 0 Å². The van der Waals surface area contributed by atoms with Gasteiger partial charge in [-0.25, -0.2) is 4.99 Å². The molecule has 144 valence electrons. The van der Waals surface area contributed by atoms with Crippen LogP contribution in [0.5, 0.6) is 0 Å². The zero-order valence-electron chi connectivity index (χ0n) is 14.5. The second-order valence-electron chi connectivity index (χ2n) is 5.55. The number of thiocarbonyl (C=S) groups is 1. The zero-order valence-corrected chi connectivity index (χ0v) is 19.1. The minimum absolute atomic E-state index is 0.261. The van der Waals surface area contributed by atoms with Crippen LogP contribution in [-0.2, 0) is 4.74 Å². The molecule has 0 saturated heterocycles. The fraction of sp³-hybridized carbons (Fsp3) is 0.222. The van der Waals surface area contributed by atoms with E-state index in [0.29, 0.717) is 5.90 Å². The van der Waals surface area contributed by atoms with E-state index in [-0.39, 0.29) is 5.11 Å². The largest absolute Gasteiger partial charge is 0.481 e. The molecule has 2 aromatic carbocycles. The Bertz CT molecular complexity index is 808. The summed E-state index contributed by atoms with van der Waals surface area (Å²) in [7, 11) is 1.51. The number of methoxy groups -OCH3 is 1. The number of halogens is 4. The van der Waals surface area contributed by atoms with Gasteiger partial charge in [-0.05, 0) is 55.5 Å². The highest BCUT2D eigenvalue weighted by Gasteiger charge is 2.34. The molecule has 1 unspecified atom stereocenters. The van der Waals surface area contributed by atoms with Crippen LogP contribution >= 0.6 is 63.0 Å².